The van der Waals surface area contributed by atoms with Gasteiger partial charge in [0, 0.05) is 38.5 Å². The summed E-state index contributed by atoms with van der Waals surface area (Å²) in [6, 6.07) is 0.320. The third-order valence-corrected chi connectivity index (χ3v) is 4.55. The maximum Gasteiger partial charge on any atom is 0.234 e. The van der Waals surface area contributed by atoms with Crippen molar-refractivity contribution in [1.29, 1.82) is 0 Å². The second kappa shape index (κ2) is 7.75. The molecule has 0 unspecified atom stereocenters. The summed E-state index contributed by atoms with van der Waals surface area (Å²) in [7, 11) is 1.60. The highest BCUT2D eigenvalue weighted by Crippen LogP contribution is 2.20. The van der Waals surface area contributed by atoms with Crippen molar-refractivity contribution in [2.75, 3.05) is 26.7 Å². The van der Waals surface area contributed by atoms with Crippen molar-refractivity contribution in [2.24, 2.45) is 5.92 Å². The molecule has 0 radical (unpaired) electrons. The van der Waals surface area contributed by atoms with Gasteiger partial charge in [-0.25, -0.2) is 0 Å². The molecule has 1 heterocycles. The molecule has 1 aliphatic carbocycles. The van der Waals surface area contributed by atoms with E-state index >= 15 is 0 Å². The summed E-state index contributed by atoms with van der Waals surface area (Å²) < 4.78 is 0. The van der Waals surface area contributed by atoms with Crippen LogP contribution in [0.1, 0.15) is 38.5 Å². The molecule has 2 aliphatic rings. The maximum absolute atomic E-state index is 12.0. The van der Waals surface area contributed by atoms with Crippen LogP contribution >= 0.6 is 0 Å². The predicted octanol–water partition coefficient (Wildman–Crippen LogP) is -0.136. The Labute approximate surface area is 126 Å². The van der Waals surface area contributed by atoms with Crippen molar-refractivity contribution in [1.82, 2.24) is 15.5 Å². The van der Waals surface area contributed by atoms with Gasteiger partial charge in [0.2, 0.25) is 11.8 Å². The Kier molecular flexibility index (Phi) is 5.99. The Balaban J connectivity index is 1.73. The summed E-state index contributed by atoms with van der Waals surface area (Å²) in [4.78, 5) is 25.4. The topological polar surface area (TPSA) is 81.7 Å². The summed E-state index contributed by atoms with van der Waals surface area (Å²) in [5.41, 5.74) is 0. The molecular weight excluding hydrogens is 270 g/mol. The molecule has 6 heteroatoms. The van der Waals surface area contributed by atoms with E-state index in [1.807, 2.05) is 4.90 Å². The van der Waals surface area contributed by atoms with E-state index in [9.17, 15) is 14.7 Å². The van der Waals surface area contributed by atoms with E-state index in [0.29, 0.717) is 32.1 Å². The quantitative estimate of drug-likeness (QED) is 0.660. The SMILES string of the molecule is CNC(=O)C[C@@H]1CN(CC(=O)NC2CCCCC2)C[C@@H]1O. The van der Waals surface area contributed by atoms with Crippen molar-refractivity contribution in [3.05, 3.63) is 0 Å². The van der Waals surface area contributed by atoms with Crippen LogP contribution in [0, 0.1) is 5.92 Å². The highest BCUT2D eigenvalue weighted by molar-refractivity contribution is 5.78. The van der Waals surface area contributed by atoms with E-state index < -0.39 is 6.10 Å². The number of hydrogen-bond donors (Lipinski definition) is 3. The van der Waals surface area contributed by atoms with Crippen LogP contribution in [0.2, 0.25) is 0 Å². The highest BCUT2D eigenvalue weighted by atomic mass is 16.3. The molecule has 0 aromatic rings. The Morgan fingerprint density at radius 3 is 2.52 bits per heavy atom. The van der Waals surface area contributed by atoms with Gasteiger partial charge in [0.25, 0.3) is 0 Å². The molecule has 2 amide bonds. The molecule has 2 atom stereocenters. The van der Waals surface area contributed by atoms with E-state index in [0.717, 1.165) is 12.8 Å². The van der Waals surface area contributed by atoms with Crippen LogP contribution in [0.3, 0.4) is 0 Å². The Hall–Kier alpha value is -1.14. The van der Waals surface area contributed by atoms with Crippen molar-refractivity contribution >= 4 is 11.8 Å². The lowest BCUT2D eigenvalue weighted by Crippen LogP contribution is -2.42. The Morgan fingerprint density at radius 2 is 1.86 bits per heavy atom. The number of nitrogens with zero attached hydrogens (tertiary/aromatic N) is 1. The van der Waals surface area contributed by atoms with Crippen LogP contribution in [0.5, 0.6) is 0 Å². The summed E-state index contributed by atoms with van der Waals surface area (Å²) in [5, 5.41) is 15.6. The van der Waals surface area contributed by atoms with E-state index in [4.69, 9.17) is 0 Å². The fourth-order valence-corrected chi connectivity index (χ4v) is 3.33. The minimum Gasteiger partial charge on any atom is -0.391 e. The zero-order valence-corrected chi connectivity index (χ0v) is 12.8. The number of rotatable bonds is 5. The van der Waals surface area contributed by atoms with Gasteiger partial charge < -0.3 is 15.7 Å². The van der Waals surface area contributed by atoms with Crippen LogP contribution in [0.4, 0.5) is 0 Å². The molecule has 21 heavy (non-hydrogen) atoms. The second-order valence-corrected chi connectivity index (χ2v) is 6.30. The average molecular weight is 297 g/mol. The molecule has 3 N–H and O–H groups in total. The second-order valence-electron chi connectivity index (χ2n) is 6.30. The normalized spacial score (nSPS) is 27.5. The zero-order chi connectivity index (χ0) is 15.2. The molecule has 1 aliphatic heterocycles. The molecule has 0 aromatic carbocycles. The number of hydrogen-bond acceptors (Lipinski definition) is 4. The lowest BCUT2D eigenvalue weighted by atomic mass is 9.95. The minimum absolute atomic E-state index is 0.0368. The van der Waals surface area contributed by atoms with E-state index in [1.165, 1.54) is 19.3 Å². The van der Waals surface area contributed by atoms with Crippen molar-refractivity contribution in [3.8, 4) is 0 Å². The van der Waals surface area contributed by atoms with Gasteiger partial charge in [-0.2, -0.15) is 0 Å². The number of nitrogens with one attached hydrogen (secondary N) is 2. The monoisotopic (exact) mass is 297 g/mol. The molecule has 2 rings (SSSR count). The fourth-order valence-electron chi connectivity index (χ4n) is 3.33. The summed E-state index contributed by atoms with van der Waals surface area (Å²) >= 11 is 0. The minimum atomic E-state index is -0.523. The molecular formula is C15H27N3O3. The summed E-state index contributed by atoms with van der Waals surface area (Å²) in [5.74, 6) is -0.102. The Morgan fingerprint density at radius 1 is 1.14 bits per heavy atom. The van der Waals surface area contributed by atoms with Crippen LogP contribution in [-0.2, 0) is 9.59 Å². The van der Waals surface area contributed by atoms with Gasteiger partial charge >= 0.3 is 0 Å². The van der Waals surface area contributed by atoms with Crippen molar-refractivity contribution in [3.63, 3.8) is 0 Å². The molecule has 2 fully saturated rings. The first-order chi connectivity index (χ1) is 10.1. The standard InChI is InChI=1S/C15H27N3O3/c1-16-14(20)7-11-8-18(9-13(11)19)10-15(21)17-12-5-3-2-4-6-12/h11-13,19H,2-10H2,1H3,(H,16,20)(H,17,21)/t11-,13+/m1/s1. The lowest BCUT2D eigenvalue weighted by Gasteiger charge is -2.24. The number of likely N-dealkylation sites (tertiary alicyclic amines) is 1. The number of amides is 2. The fraction of sp³-hybridized carbons (Fsp3) is 0.867. The molecule has 120 valence electrons. The number of aliphatic hydroxyl groups excluding tert-OH is 1. The third kappa shape index (κ3) is 4.97. The maximum atomic E-state index is 12.0. The molecule has 0 aromatic heterocycles. The van der Waals surface area contributed by atoms with Gasteiger partial charge in [0.15, 0.2) is 0 Å². The third-order valence-electron chi connectivity index (χ3n) is 4.55. The number of β-amino-alcohol motifs (C(OH)–C–C–N with tert-alkyl or cyclic N) is 1. The van der Waals surface area contributed by atoms with Crippen LogP contribution in [-0.4, -0.2) is 60.6 Å². The molecule has 0 spiro atoms. The van der Waals surface area contributed by atoms with Crippen LogP contribution in [0.25, 0.3) is 0 Å². The first kappa shape index (κ1) is 16.2. The van der Waals surface area contributed by atoms with Crippen molar-refractivity contribution in [2.45, 2.75) is 50.7 Å². The van der Waals surface area contributed by atoms with Crippen molar-refractivity contribution < 1.29 is 14.7 Å². The average Bonchev–Trinajstić information content (AvgIpc) is 2.79. The van der Waals surface area contributed by atoms with Gasteiger partial charge in [-0.05, 0) is 12.8 Å². The van der Waals surface area contributed by atoms with Crippen LogP contribution in [0.15, 0.2) is 0 Å². The van der Waals surface area contributed by atoms with E-state index in [-0.39, 0.29) is 17.7 Å². The lowest BCUT2D eigenvalue weighted by molar-refractivity contribution is -0.123. The molecule has 0 bridgehead atoms. The highest BCUT2D eigenvalue weighted by Gasteiger charge is 2.33. The number of aliphatic hydroxyl groups is 1. The van der Waals surface area contributed by atoms with Gasteiger partial charge in [-0.3, -0.25) is 14.5 Å². The van der Waals surface area contributed by atoms with Gasteiger partial charge in [-0.1, -0.05) is 19.3 Å². The predicted molar refractivity (Wildman–Crippen MR) is 79.6 cm³/mol. The largest absolute Gasteiger partial charge is 0.391 e. The smallest absolute Gasteiger partial charge is 0.234 e. The molecule has 1 saturated heterocycles. The number of carbonyl (C=O) groups excluding carboxylic acids is 2. The van der Waals surface area contributed by atoms with E-state index in [2.05, 4.69) is 10.6 Å². The van der Waals surface area contributed by atoms with Gasteiger partial charge in [-0.15, -0.1) is 0 Å². The summed E-state index contributed by atoms with van der Waals surface area (Å²) in [6.45, 7) is 1.39. The number of carbonyl (C=O) groups is 2. The zero-order valence-electron chi connectivity index (χ0n) is 12.8. The van der Waals surface area contributed by atoms with Gasteiger partial charge in [0.1, 0.15) is 0 Å². The first-order valence-electron chi connectivity index (χ1n) is 7.99. The Bertz CT molecular complexity index is 369. The van der Waals surface area contributed by atoms with E-state index in [1.54, 1.807) is 7.05 Å². The van der Waals surface area contributed by atoms with Crippen LogP contribution < -0.4 is 10.6 Å². The molecule has 1 saturated carbocycles. The first-order valence-corrected chi connectivity index (χ1v) is 7.99. The molecule has 6 nitrogen and oxygen atoms in total. The van der Waals surface area contributed by atoms with Gasteiger partial charge in [0.05, 0.1) is 12.6 Å². The summed E-state index contributed by atoms with van der Waals surface area (Å²) in [6.07, 6.45) is 5.61.